The van der Waals surface area contributed by atoms with E-state index >= 15 is 0 Å². The highest BCUT2D eigenvalue weighted by Gasteiger charge is 2.46. The molecule has 2 aliphatic rings. The Morgan fingerprint density at radius 2 is 2.00 bits per heavy atom. The Labute approximate surface area is 111 Å². The fourth-order valence-corrected chi connectivity index (χ4v) is 3.57. The predicted molar refractivity (Wildman–Crippen MR) is 72.4 cm³/mol. The van der Waals surface area contributed by atoms with Gasteiger partial charge in [-0.3, -0.25) is 10.1 Å². The van der Waals surface area contributed by atoms with E-state index in [-0.39, 0.29) is 11.5 Å². The van der Waals surface area contributed by atoms with Gasteiger partial charge in [0.05, 0.1) is 6.61 Å². The molecule has 0 aliphatic heterocycles. The molecule has 0 aromatic carbocycles. The van der Waals surface area contributed by atoms with Crippen LogP contribution in [0.3, 0.4) is 0 Å². The van der Waals surface area contributed by atoms with Crippen molar-refractivity contribution in [2.75, 3.05) is 6.61 Å². The number of hydrogen-bond donors (Lipinski definition) is 1. The molecular weight excluding hydrogens is 226 g/mol. The first-order valence-electron chi connectivity index (χ1n) is 7.61. The topological polar surface area (TPSA) is 38.3 Å². The third-order valence-electron chi connectivity index (χ3n) is 4.51. The lowest BCUT2D eigenvalue weighted by atomic mass is 9.89. The molecule has 3 nitrogen and oxygen atoms in total. The molecule has 18 heavy (non-hydrogen) atoms. The zero-order valence-corrected chi connectivity index (χ0v) is 11.8. The summed E-state index contributed by atoms with van der Waals surface area (Å²) >= 11 is 0. The zero-order valence-electron chi connectivity index (χ0n) is 11.8. The standard InChI is InChI=1S/C15H27NO2/c1-3-18-14(17)15(10-9-12(2)11-15)16-13-7-5-4-6-8-13/h12-13,16H,3-11H2,1-2H3. The van der Waals surface area contributed by atoms with E-state index in [2.05, 4.69) is 12.2 Å². The van der Waals surface area contributed by atoms with E-state index in [1.54, 1.807) is 0 Å². The van der Waals surface area contributed by atoms with Crippen molar-refractivity contribution in [3.8, 4) is 0 Å². The highest BCUT2D eigenvalue weighted by atomic mass is 16.5. The Morgan fingerprint density at radius 3 is 2.56 bits per heavy atom. The number of rotatable bonds is 4. The Hall–Kier alpha value is -0.570. The van der Waals surface area contributed by atoms with E-state index in [1.165, 1.54) is 32.1 Å². The molecule has 0 bridgehead atoms. The Balaban J connectivity index is 2.02. The first-order chi connectivity index (χ1) is 8.66. The van der Waals surface area contributed by atoms with Crippen molar-refractivity contribution in [1.29, 1.82) is 0 Å². The maximum atomic E-state index is 12.3. The van der Waals surface area contributed by atoms with Crippen LogP contribution in [-0.2, 0) is 9.53 Å². The molecule has 2 unspecified atom stereocenters. The summed E-state index contributed by atoms with van der Waals surface area (Å²) < 4.78 is 5.32. The van der Waals surface area contributed by atoms with Gasteiger partial charge in [0, 0.05) is 6.04 Å². The molecule has 0 radical (unpaired) electrons. The van der Waals surface area contributed by atoms with Crippen LogP contribution in [-0.4, -0.2) is 24.2 Å². The Bertz CT molecular complexity index is 286. The van der Waals surface area contributed by atoms with Gasteiger partial charge in [0.25, 0.3) is 0 Å². The van der Waals surface area contributed by atoms with Crippen LogP contribution >= 0.6 is 0 Å². The fraction of sp³-hybridized carbons (Fsp3) is 0.933. The van der Waals surface area contributed by atoms with E-state index in [0.29, 0.717) is 18.6 Å². The lowest BCUT2D eigenvalue weighted by Gasteiger charge is -2.34. The van der Waals surface area contributed by atoms with Gasteiger partial charge in [-0.15, -0.1) is 0 Å². The van der Waals surface area contributed by atoms with E-state index in [1.807, 2.05) is 6.92 Å². The van der Waals surface area contributed by atoms with Crippen molar-refractivity contribution in [1.82, 2.24) is 5.32 Å². The molecule has 0 spiro atoms. The normalized spacial score (nSPS) is 33.6. The van der Waals surface area contributed by atoms with Gasteiger partial charge in [-0.25, -0.2) is 0 Å². The van der Waals surface area contributed by atoms with Crippen molar-refractivity contribution in [2.45, 2.75) is 76.8 Å². The summed E-state index contributed by atoms with van der Waals surface area (Å²) in [7, 11) is 0. The second-order valence-corrected chi connectivity index (χ2v) is 6.13. The summed E-state index contributed by atoms with van der Waals surface area (Å²) in [6, 6.07) is 0.522. The van der Waals surface area contributed by atoms with Crippen LogP contribution in [0.4, 0.5) is 0 Å². The van der Waals surface area contributed by atoms with Crippen molar-refractivity contribution in [2.24, 2.45) is 5.92 Å². The third-order valence-corrected chi connectivity index (χ3v) is 4.51. The molecule has 1 N–H and O–H groups in total. The molecule has 104 valence electrons. The highest BCUT2D eigenvalue weighted by molar-refractivity contribution is 5.81. The van der Waals surface area contributed by atoms with E-state index < -0.39 is 0 Å². The first-order valence-corrected chi connectivity index (χ1v) is 7.61. The second kappa shape index (κ2) is 6.05. The largest absolute Gasteiger partial charge is 0.465 e. The molecule has 0 amide bonds. The van der Waals surface area contributed by atoms with E-state index in [4.69, 9.17) is 4.74 Å². The van der Waals surface area contributed by atoms with Gasteiger partial charge < -0.3 is 4.74 Å². The van der Waals surface area contributed by atoms with E-state index in [0.717, 1.165) is 19.3 Å². The van der Waals surface area contributed by atoms with Crippen molar-refractivity contribution in [3.05, 3.63) is 0 Å². The van der Waals surface area contributed by atoms with Gasteiger partial charge in [0.1, 0.15) is 5.54 Å². The summed E-state index contributed by atoms with van der Waals surface area (Å²) in [5.74, 6) is 0.616. The first kappa shape index (κ1) is 13.9. The lowest BCUT2D eigenvalue weighted by Crippen LogP contribution is -2.55. The molecule has 3 heteroatoms. The average molecular weight is 253 g/mol. The summed E-state index contributed by atoms with van der Waals surface area (Å²) in [5, 5.41) is 3.67. The Morgan fingerprint density at radius 1 is 1.28 bits per heavy atom. The maximum absolute atomic E-state index is 12.3. The van der Waals surface area contributed by atoms with Crippen LogP contribution < -0.4 is 5.32 Å². The minimum atomic E-state index is -0.378. The molecular formula is C15H27NO2. The predicted octanol–water partition coefficient (Wildman–Crippen LogP) is 3.03. The molecule has 2 fully saturated rings. The van der Waals surface area contributed by atoms with Gasteiger partial charge in [0.2, 0.25) is 0 Å². The van der Waals surface area contributed by atoms with Crippen molar-refractivity contribution in [3.63, 3.8) is 0 Å². The van der Waals surface area contributed by atoms with Gasteiger partial charge in [-0.2, -0.15) is 0 Å². The molecule has 2 aliphatic carbocycles. The summed E-state index contributed by atoms with van der Waals surface area (Å²) in [6.07, 6.45) is 9.41. The summed E-state index contributed by atoms with van der Waals surface area (Å²) in [6.45, 7) is 4.62. The quantitative estimate of drug-likeness (QED) is 0.783. The molecule has 0 heterocycles. The van der Waals surface area contributed by atoms with Gasteiger partial charge in [-0.1, -0.05) is 26.2 Å². The molecule has 0 saturated heterocycles. The molecule has 0 aromatic rings. The van der Waals surface area contributed by atoms with Crippen molar-refractivity contribution >= 4 is 5.97 Å². The molecule has 2 atom stereocenters. The second-order valence-electron chi connectivity index (χ2n) is 6.13. The van der Waals surface area contributed by atoms with Crippen LogP contribution in [0.25, 0.3) is 0 Å². The number of nitrogens with one attached hydrogen (secondary N) is 1. The highest BCUT2D eigenvalue weighted by Crippen LogP contribution is 2.37. The molecule has 2 saturated carbocycles. The summed E-state index contributed by atoms with van der Waals surface area (Å²) in [5.41, 5.74) is -0.378. The monoisotopic (exact) mass is 253 g/mol. The van der Waals surface area contributed by atoms with E-state index in [9.17, 15) is 4.79 Å². The SMILES string of the molecule is CCOC(=O)C1(NC2CCCCC2)CCC(C)C1. The number of ether oxygens (including phenoxy) is 1. The van der Waals surface area contributed by atoms with Crippen LogP contribution in [0.15, 0.2) is 0 Å². The van der Waals surface area contributed by atoms with Crippen LogP contribution in [0.2, 0.25) is 0 Å². The number of esters is 1. The minimum Gasteiger partial charge on any atom is -0.465 e. The average Bonchev–Trinajstić information content (AvgIpc) is 2.74. The number of hydrogen-bond acceptors (Lipinski definition) is 3. The smallest absolute Gasteiger partial charge is 0.326 e. The van der Waals surface area contributed by atoms with Crippen LogP contribution in [0, 0.1) is 5.92 Å². The number of carbonyl (C=O) groups is 1. The maximum Gasteiger partial charge on any atom is 0.326 e. The van der Waals surface area contributed by atoms with Gasteiger partial charge in [0.15, 0.2) is 0 Å². The zero-order chi connectivity index (χ0) is 13.0. The fourth-order valence-electron chi connectivity index (χ4n) is 3.57. The van der Waals surface area contributed by atoms with Crippen LogP contribution in [0.1, 0.15) is 65.2 Å². The van der Waals surface area contributed by atoms with Gasteiger partial charge >= 0.3 is 5.97 Å². The lowest BCUT2D eigenvalue weighted by molar-refractivity contribution is -0.151. The minimum absolute atomic E-state index is 0.0140. The van der Waals surface area contributed by atoms with Crippen molar-refractivity contribution < 1.29 is 9.53 Å². The summed E-state index contributed by atoms with van der Waals surface area (Å²) in [4.78, 5) is 12.3. The third kappa shape index (κ3) is 3.05. The van der Waals surface area contributed by atoms with Gasteiger partial charge in [-0.05, 0) is 44.9 Å². The molecule has 2 rings (SSSR count). The Kier molecular flexibility index (Phi) is 4.66. The van der Waals surface area contributed by atoms with Crippen LogP contribution in [0.5, 0.6) is 0 Å². The molecule has 0 aromatic heterocycles. The number of carbonyl (C=O) groups excluding carboxylic acids is 1.